The first-order valence-electron chi connectivity index (χ1n) is 14.8. The van der Waals surface area contributed by atoms with Gasteiger partial charge in [-0.15, -0.1) is 0 Å². The summed E-state index contributed by atoms with van der Waals surface area (Å²) in [4.78, 5) is 33.9. The summed E-state index contributed by atoms with van der Waals surface area (Å²) in [6.45, 7) is 4.47. The average molecular weight is 570 g/mol. The fraction of sp³-hybridized carbons (Fsp3) is 0.273. The number of nitrogen functional groups attached to an aromatic ring is 1. The summed E-state index contributed by atoms with van der Waals surface area (Å²) in [6, 6.07) is 16.6. The van der Waals surface area contributed by atoms with E-state index in [2.05, 4.69) is 39.4 Å². The van der Waals surface area contributed by atoms with Crippen LogP contribution in [-0.2, 0) is 11.2 Å². The van der Waals surface area contributed by atoms with Crippen molar-refractivity contribution in [3.8, 4) is 22.9 Å². The molecular formula is C33H31N9O. The molecule has 10 heteroatoms. The van der Waals surface area contributed by atoms with Crippen LogP contribution in [0.4, 0.5) is 5.82 Å². The Morgan fingerprint density at radius 1 is 1.05 bits per heavy atom. The predicted octanol–water partition coefficient (Wildman–Crippen LogP) is 4.55. The van der Waals surface area contributed by atoms with E-state index in [1.165, 1.54) is 22.9 Å². The van der Waals surface area contributed by atoms with Gasteiger partial charge in [0.05, 0.1) is 11.6 Å². The van der Waals surface area contributed by atoms with E-state index < -0.39 is 0 Å². The quantitative estimate of drug-likeness (QED) is 0.310. The number of carbonyl (C=O) groups excluding carboxylic acids is 1. The summed E-state index contributed by atoms with van der Waals surface area (Å²) in [6.07, 6.45) is 11.7. The summed E-state index contributed by atoms with van der Waals surface area (Å²) in [5.74, 6) is 2.26. The molecule has 3 fully saturated rings. The Balaban J connectivity index is 1.19. The molecule has 5 aromatic rings. The molecule has 4 aliphatic rings. The van der Waals surface area contributed by atoms with Gasteiger partial charge in [0.15, 0.2) is 17.3 Å². The largest absolute Gasteiger partial charge is 0.383 e. The van der Waals surface area contributed by atoms with Gasteiger partial charge in [-0.2, -0.15) is 5.10 Å². The maximum Gasteiger partial charge on any atom is 0.246 e. The third-order valence-electron chi connectivity index (χ3n) is 9.18. The molecule has 43 heavy (non-hydrogen) atoms. The zero-order valence-corrected chi connectivity index (χ0v) is 23.7. The van der Waals surface area contributed by atoms with E-state index in [-0.39, 0.29) is 18.0 Å². The zero-order chi connectivity index (χ0) is 29.1. The van der Waals surface area contributed by atoms with Crippen LogP contribution >= 0.6 is 0 Å². The van der Waals surface area contributed by atoms with Crippen molar-refractivity contribution in [2.45, 2.75) is 44.2 Å². The number of nitrogens with two attached hydrogens (primary N) is 1. The van der Waals surface area contributed by atoms with E-state index in [9.17, 15) is 4.79 Å². The van der Waals surface area contributed by atoms with Crippen molar-refractivity contribution < 1.29 is 4.79 Å². The molecule has 2 bridgehead atoms. The number of benzene rings is 1. The monoisotopic (exact) mass is 569 g/mol. The van der Waals surface area contributed by atoms with Crippen LogP contribution < -0.4 is 5.73 Å². The molecule has 9 rings (SSSR count). The van der Waals surface area contributed by atoms with Crippen molar-refractivity contribution in [1.29, 1.82) is 0 Å². The van der Waals surface area contributed by atoms with Crippen LogP contribution in [0.1, 0.15) is 36.8 Å². The fourth-order valence-corrected chi connectivity index (χ4v) is 7.07. The predicted molar refractivity (Wildman–Crippen MR) is 165 cm³/mol. The van der Waals surface area contributed by atoms with Crippen LogP contribution in [0.15, 0.2) is 84.8 Å². The molecule has 2 aliphatic heterocycles. The maximum absolute atomic E-state index is 12.3. The van der Waals surface area contributed by atoms with Crippen LogP contribution in [0.2, 0.25) is 0 Å². The molecule has 2 saturated heterocycles. The van der Waals surface area contributed by atoms with Gasteiger partial charge >= 0.3 is 0 Å². The second kappa shape index (κ2) is 10.0. The van der Waals surface area contributed by atoms with E-state index in [4.69, 9.17) is 20.7 Å². The number of fused-ring (bicyclic) bond motifs is 5. The van der Waals surface area contributed by atoms with Gasteiger partial charge in [-0.3, -0.25) is 14.4 Å². The van der Waals surface area contributed by atoms with Crippen LogP contribution in [-0.4, -0.2) is 64.4 Å². The maximum atomic E-state index is 12.3. The number of hydrogen-bond acceptors (Lipinski definition) is 7. The number of pyridine rings is 2. The van der Waals surface area contributed by atoms with Crippen LogP contribution in [0, 0.1) is 5.92 Å². The van der Waals surface area contributed by atoms with Crippen molar-refractivity contribution in [2.24, 2.45) is 10.9 Å². The third kappa shape index (κ3) is 4.24. The van der Waals surface area contributed by atoms with E-state index in [0.29, 0.717) is 23.4 Å². The second-order valence-corrected chi connectivity index (χ2v) is 11.6. The molecule has 1 unspecified atom stereocenters. The normalized spacial score (nSPS) is 21.9. The van der Waals surface area contributed by atoms with Gasteiger partial charge in [0.2, 0.25) is 5.91 Å². The van der Waals surface area contributed by atoms with Gasteiger partial charge in [0.25, 0.3) is 0 Å². The zero-order valence-electron chi connectivity index (χ0n) is 23.7. The molecule has 4 aromatic heterocycles. The lowest BCUT2D eigenvalue weighted by Crippen LogP contribution is -2.55. The second-order valence-electron chi connectivity index (χ2n) is 11.6. The topological polar surface area (TPSA) is 120 Å². The molecule has 3 atom stereocenters. The first-order chi connectivity index (χ1) is 21.1. The Bertz CT molecular complexity index is 1920. The first-order valence-corrected chi connectivity index (χ1v) is 14.8. The van der Waals surface area contributed by atoms with E-state index in [1.54, 1.807) is 17.1 Å². The van der Waals surface area contributed by atoms with Crippen molar-refractivity contribution in [1.82, 2.24) is 34.2 Å². The van der Waals surface area contributed by atoms with Crippen LogP contribution in [0.3, 0.4) is 0 Å². The highest BCUT2D eigenvalue weighted by atomic mass is 16.2. The molecule has 2 N–H and O–H groups in total. The number of piperidine rings is 2. The lowest BCUT2D eigenvalue weighted by atomic mass is 9.76. The third-order valence-corrected chi connectivity index (χ3v) is 9.18. The number of nitrogens with zero attached hydrogens (tertiary/aromatic N) is 8. The molecule has 10 nitrogen and oxygen atoms in total. The highest BCUT2D eigenvalue weighted by molar-refractivity contribution is 6.05. The number of anilines is 1. The molecule has 214 valence electrons. The van der Waals surface area contributed by atoms with E-state index in [1.807, 2.05) is 41.4 Å². The molecule has 0 spiro atoms. The molecule has 1 aromatic carbocycles. The Morgan fingerprint density at radius 2 is 1.98 bits per heavy atom. The molecule has 6 heterocycles. The van der Waals surface area contributed by atoms with Gasteiger partial charge in [-0.1, -0.05) is 12.6 Å². The highest BCUT2D eigenvalue weighted by Gasteiger charge is 2.42. The summed E-state index contributed by atoms with van der Waals surface area (Å²) >= 11 is 0. The van der Waals surface area contributed by atoms with Gasteiger partial charge in [-0.05, 0) is 97.7 Å². The summed E-state index contributed by atoms with van der Waals surface area (Å²) < 4.78 is 3.81. The Labute approximate surface area is 248 Å². The minimum atomic E-state index is 0.0465. The van der Waals surface area contributed by atoms with Gasteiger partial charge < -0.3 is 10.6 Å². The average Bonchev–Trinajstić information content (AvgIpc) is 3.80. The standard InChI is InChI=1S/C33H31N9O/c1-2-30(43)40-19-21-6-8-22(40)18-28(21)37-26-11-7-20-17-23(9-10-24(20)26)42-32(25-5-3-14-35-31(25)34)38-27-12-13-29(39-33(27)42)41-16-4-15-36-41/h2-5,9-10,12-17,21-22,28H,1,6-8,11,18-19H2,(H2,34,35)/t21-,22-,28?/m1/s1. The molecule has 1 amide bonds. The SMILES string of the molecule is C=CC(=O)N1C[C@H]2CC[C@@H]1CC2N=C1CCc2cc(-n3c(-c4cccnc4N)nc4ccc(-n5cccn5)nc43)ccc21. The number of carbonyl (C=O) groups is 1. The molecular weight excluding hydrogens is 538 g/mol. The van der Waals surface area contributed by atoms with Crippen molar-refractivity contribution in [2.75, 3.05) is 12.3 Å². The van der Waals surface area contributed by atoms with Crippen LogP contribution in [0.25, 0.3) is 34.1 Å². The van der Waals surface area contributed by atoms with Crippen molar-refractivity contribution in [3.63, 3.8) is 0 Å². The van der Waals surface area contributed by atoms with Gasteiger partial charge in [0, 0.05) is 42.6 Å². The summed E-state index contributed by atoms with van der Waals surface area (Å²) in [7, 11) is 0. The number of imidazole rings is 1. The molecule has 2 aliphatic carbocycles. The van der Waals surface area contributed by atoms with Crippen molar-refractivity contribution >= 4 is 28.6 Å². The minimum Gasteiger partial charge on any atom is -0.383 e. The molecule has 1 saturated carbocycles. The lowest BCUT2D eigenvalue weighted by Gasteiger charge is -2.48. The highest BCUT2D eigenvalue weighted by Crippen LogP contribution is 2.39. The Kier molecular flexibility index (Phi) is 5.95. The Morgan fingerprint density at radius 3 is 2.77 bits per heavy atom. The fourth-order valence-electron chi connectivity index (χ4n) is 7.07. The number of rotatable bonds is 5. The molecule has 0 radical (unpaired) electrons. The van der Waals surface area contributed by atoms with E-state index in [0.717, 1.165) is 61.1 Å². The summed E-state index contributed by atoms with van der Waals surface area (Å²) in [5, 5.41) is 4.37. The minimum absolute atomic E-state index is 0.0465. The van der Waals surface area contributed by atoms with Crippen molar-refractivity contribution in [3.05, 3.63) is 90.9 Å². The van der Waals surface area contributed by atoms with Gasteiger partial charge in [0.1, 0.15) is 11.3 Å². The van der Waals surface area contributed by atoms with Crippen LogP contribution in [0.5, 0.6) is 0 Å². The Hall–Kier alpha value is -5.12. The first kappa shape index (κ1) is 25.6. The lowest BCUT2D eigenvalue weighted by molar-refractivity contribution is -0.133. The number of aliphatic imine (C=N–C) groups is 1. The number of aryl methyl sites for hydroxylation is 1. The number of amides is 1. The smallest absolute Gasteiger partial charge is 0.246 e. The van der Waals surface area contributed by atoms with Gasteiger partial charge in [-0.25, -0.2) is 19.6 Å². The van der Waals surface area contributed by atoms with E-state index >= 15 is 0 Å². The number of hydrogen-bond donors (Lipinski definition) is 1. The number of aromatic nitrogens is 6. The summed E-state index contributed by atoms with van der Waals surface area (Å²) in [5.41, 5.74) is 13.2.